The predicted molar refractivity (Wildman–Crippen MR) is 105 cm³/mol. The summed E-state index contributed by atoms with van der Waals surface area (Å²) in [7, 11) is 0. The van der Waals surface area contributed by atoms with E-state index in [9.17, 15) is 9.18 Å². The molecular weight excluding hydrogens is 376 g/mol. The number of piperazine rings is 1. The first kappa shape index (κ1) is 19.0. The Bertz CT molecular complexity index is 742. The van der Waals surface area contributed by atoms with Crippen molar-refractivity contribution in [1.29, 1.82) is 0 Å². The summed E-state index contributed by atoms with van der Waals surface area (Å²) in [5.41, 5.74) is 1.63. The molecule has 0 unspecified atom stereocenters. The van der Waals surface area contributed by atoms with Crippen molar-refractivity contribution >= 4 is 40.5 Å². The number of hydrogen-bond donors (Lipinski definition) is 1. The van der Waals surface area contributed by atoms with E-state index in [1.165, 1.54) is 12.1 Å². The summed E-state index contributed by atoms with van der Waals surface area (Å²) in [6.45, 7) is 4.15. The second-order valence-electron chi connectivity index (χ2n) is 6.26. The van der Waals surface area contributed by atoms with Crippen molar-refractivity contribution in [3.63, 3.8) is 0 Å². The van der Waals surface area contributed by atoms with Crippen LogP contribution in [0.1, 0.15) is 6.42 Å². The number of rotatable bonds is 5. The molecule has 1 aliphatic rings. The molecule has 1 heterocycles. The molecule has 1 saturated heterocycles. The van der Waals surface area contributed by atoms with Crippen molar-refractivity contribution in [1.82, 2.24) is 4.90 Å². The number of carbonyl (C=O) groups is 1. The van der Waals surface area contributed by atoms with Gasteiger partial charge < -0.3 is 10.2 Å². The van der Waals surface area contributed by atoms with Crippen molar-refractivity contribution in [2.24, 2.45) is 0 Å². The van der Waals surface area contributed by atoms with Crippen LogP contribution in [0.2, 0.25) is 10.0 Å². The fourth-order valence-corrected chi connectivity index (χ4v) is 3.52. The number of nitrogens with zero attached hydrogens (tertiary/aromatic N) is 2. The van der Waals surface area contributed by atoms with Crippen molar-refractivity contribution in [3.05, 3.63) is 58.3 Å². The molecule has 1 aliphatic heterocycles. The highest BCUT2D eigenvalue weighted by Crippen LogP contribution is 2.22. The van der Waals surface area contributed by atoms with E-state index in [-0.39, 0.29) is 11.7 Å². The first-order chi connectivity index (χ1) is 12.5. The maximum Gasteiger partial charge on any atom is 0.225 e. The summed E-state index contributed by atoms with van der Waals surface area (Å²) in [5, 5.41) is 3.80. The van der Waals surface area contributed by atoms with Crippen molar-refractivity contribution in [2.75, 3.05) is 42.9 Å². The standard InChI is InChI=1S/C19H20Cl2FN3O/c20-14-11-15(21)13-17(12-14)23-19(26)5-6-24-7-9-25(10-8-24)18-3-1-16(22)2-4-18/h1-4,11-13H,5-10H2,(H,23,26). The molecule has 26 heavy (non-hydrogen) atoms. The normalized spacial score (nSPS) is 15.1. The zero-order valence-electron chi connectivity index (χ0n) is 14.2. The summed E-state index contributed by atoms with van der Waals surface area (Å²) in [6, 6.07) is 11.5. The van der Waals surface area contributed by atoms with Gasteiger partial charge in [0.15, 0.2) is 0 Å². The molecule has 0 radical (unpaired) electrons. The van der Waals surface area contributed by atoms with E-state index < -0.39 is 0 Å². The van der Waals surface area contributed by atoms with Crippen LogP contribution in [-0.2, 0) is 4.79 Å². The van der Waals surface area contributed by atoms with Gasteiger partial charge in [-0.05, 0) is 42.5 Å². The Kier molecular flexibility index (Phi) is 6.35. The smallest absolute Gasteiger partial charge is 0.225 e. The van der Waals surface area contributed by atoms with Gasteiger partial charge in [0.05, 0.1) is 0 Å². The third kappa shape index (κ3) is 5.34. The summed E-state index contributed by atoms with van der Waals surface area (Å²) in [5.74, 6) is -0.288. The van der Waals surface area contributed by atoms with Crippen molar-refractivity contribution < 1.29 is 9.18 Å². The number of halogens is 3. The lowest BCUT2D eigenvalue weighted by atomic mass is 10.2. The van der Waals surface area contributed by atoms with Gasteiger partial charge in [0.1, 0.15) is 5.82 Å². The zero-order chi connectivity index (χ0) is 18.5. The lowest BCUT2D eigenvalue weighted by Gasteiger charge is -2.36. The Labute approximate surface area is 162 Å². The zero-order valence-corrected chi connectivity index (χ0v) is 15.7. The van der Waals surface area contributed by atoms with E-state index in [1.54, 1.807) is 30.3 Å². The molecule has 138 valence electrons. The molecule has 0 bridgehead atoms. The van der Waals surface area contributed by atoms with Crippen LogP contribution in [-0.4, -0.2) is 43.5 Å². The molecule has 7 heteroatoms. The van der Waals surface area contributed by atoms with Crippen LogP contribution in [0.3, 0.4) is 0 Å². The average Bonchev–Trinajstić information content (AvgIpc) is 2.60. The minimum Gasteiger partial charge on any atom is -0.369 e. The topological polar surface area (TPSA) is 35.6 Å². The Hall–Kier alpha value is -1.82. The second kappa shape index (κ2) is 8.71. The molecule has 0 spiro atoms. The number of benzene rings is 2. The largest absolute Gasteiger partial charge is 0.369 e. The number of carbonyl (C=O) groups excluding carboxylic acids is 1. The maximum absolute atomic E-state index is 13.0. The molecule has 2 aromatic rings. The third-order valence-electron chi connectivity index (χ3n) is 4.37. The summed E-state index contributed by atoms with van der Waals surface area (Å²) >= 11 is 11.9. The molecule has 1 N–H and O–H groups in total. The Morgan fingerprint density at radius 1 is 1.00 bits per heavy atom. The van der Waals surface area contributed by atoms with Gasteiger partial charge in [-0.1, -0.05) is 23.2 Å². The van der Waals surface area contributed by atoms with Crippen LogP contribution in [0.4, 0.5) is 15.8 Å². The van der Waals surface area contributed by atoms with E-state index in [2.05, 4.69) is 15.1 Å². The van der Waals surface area contributed by atoms with Crippen LogP contribution in [0.15, 0.2) is 42.5 Å². The molecule has 1 fully saturated rings. The van der Waals surface area contributed by atoms with Crippen molar-refractivity contribution in [3.8, 4) is 0 Å². The minimum absolute atomic E-state index is 0.0655. The fraction of sp³-hybridized carbons (Fsp3) is 0.316. The van der Waals surface area contributed by atoms with Gasteiger partial charge in [-0.15, -0.1) is 0 Å². The number of anilines is 2. The Morgan fingerprint density at radius 3 is 2.23 bits per heavy atom. The van der Waals surface area contributed by atoms with E-state index >= 15 is 0 Å². The van der Waals surface area contributed by atoms with Gasteiger partial charge in [-0.25, -0.2) is 4.39 Å². The maximum atomic E-state index is 13.0. The van der Waals surface area contributed by atoms with E-state index in [1.807, 2.05) is 0 Å². The van der Waals surface area contributed by atoms with Gasteiger partial charge in [-0.3, -0.25) is 9.69 Å². The third-order valence-corrected chi connectivity index (χ3v) is 4.80. The highest BCUT2D eigenvalue weighted by Gasteiger charge is 2.18. The van der Waals surface area contributed by atoms with Gasteiger partial charge in [-0.2, -0.15) is 0 Å². The molecule has 0 aliphatic carbocycles. The molecule has 0 aromatic heterocycles. The lowest BCUT2D eigenvalue weighted by Crippen LogP contribution is -2.47. The molecule has 1 amide bonds. The van der Waals surface area contributed by atoms with Gasteiger partial charge >= 0.3 is 0 Å². The predicted octanol–water partition coefficient (Wildman–Crippen LogP) is 4.28. The van der Waals surface area contributed by atoms with E-state index in [4.69, 9.17) is 23.2 Å². The van der Waals surface area contributed by atoms with Crippen LogP contribution >= 0.6 is 23.2 Å². The number of hydrogen-bond acceptors (Lipinski definition) is 3. The average molecular weight is 396 g/mol. The van der Waals surface area contributed by atoms with Crippen LogP contribution in [0.5, 0.6) is 0 Å². The van der Waals surface area contributed by atoms with Gasteiger partial charge in [0.2, 0.25) is 5.91 Å². The SMILES string of the molecule is O=C(CCN1CCN(c2ccc(F)cc2)CC1)Nc1cc(Cl)cc(Cl)c1. The first-order valence-corrected chi connectivity index (χ1v) is 9.24. The molecule has 0 atom stereocenters. The Balaban J connectivity index is 1.43. The lowest BCUT2D eigenvalue weighted by molar-refractivity contribution is -0.116. The quantitative estimate of drug-likeness (QED) is 0.820. The van der Waals surface area contributed by atoms with Gasteiger partial charge in [0, 0.05) is 60.6 Å². The number of nitrogens with one attached hydrogen (secondary N) is 1. The first-order valence-electron chi connectivity index (χ1n) is 8.48. The van der Waals surface area contributed by atoms with Gasteiger partial charge in [0.25, 0.3) is 0 Å². The summed E-state index contributed by atoms with van der Waals surface area (Å²) in [4.78, 5) is 16.6. The van der Waals surface area contributed by atoms with E-state index in [0.29, 0.717) is 28.7 Å². The molecule has 0 saturated carbocycles. The highest BCUT2D eigenvalue weighted by molar-refractivity contribution is 6.35. The van der Waals surface area contributed by atoms with Crippen LogP contribution < -0.4 is 10.2 Å². The molecule has 4 nitrogen and oxygen atoms in total. The summed E-state index contributed by atoms with van der Waals surface area (Å²) < 4.78 is 13.0. The van der Waals surface area contributed by atoms with Crippen LogP contribution in [0.25, 0.3) is 0 Å². The molecule has 3 rings (SSSR count). The molecular formula is C19H20Cl2FN3O. The highest BCUT2D eigenvalue weighted by atomic mass is 35.5. The Morgan fingerprint density at radius 2 is 1.62 bits per heavy atom. The monoisotopic (exact) mass is 395 g/mol. The second-order valence-corrected chi connectivity index (χ2v) is 7.13. The minimum atomic E-state index is -0.223. The summed E-state index contributed by atoms with van der Waals surface area (Å²) in [6.07, 6.45) is 0.403. The van der Waals surface area contributed by atoms with Crippen LogP contribution in [0, 0.1) is 5.82 Å². The van der Waals surface area contributed by atoms with E-state index in [0.717, 1.165) is 31.9 Å². The fourth-order valence-electron chi connectivity index (χ4n) is 2.99. The van der Waals surface area contributed by atoms with Crippen molar-refractivity contribution in [2.45, 2.75) is 6.42 Å². The molecule has 2 aromatic carbocycles. The number of amides is 1.